The van der Waals surface area contributed by atoms with Crippen molar-refractivity contribution in [2.75, 3.05) is 0 Å². The molecule has 0 aromatic rings. The molecule has 2 saturated carbocycles. The summed E-state index contributed by atoms with van der Waals surface area (Å²) < 4.78 is 6.07. The highest BCUT2D eigenvalue weighted by Crippen LogP contribution is 2.56. The van der Waals surface area contributed by atoms with Crippen LogP contribution in [0.2, 0.25) is 0 Å². The summed E-state index contributed by atoms with van der Waals surface area (Å²) in [6, 6.07) is 0. The lowest BCUT2D eigenvalue weighted by molar-refractivity contribution is -0.0427. The Balaban J connectivity index is 1.92. The van der Waals surface area contributed by atoms with Crippen LogP contribution in [0.1, 0.15) is 40.5 Å². The molecule has 0 spiro atoms. The van der Waals surface area contributed by atoms with Gasteiger partial charge in [0, 0.05) is 0 Å². The molecule has 0 saturated heterocycles. The van der Waals surface area contributed by atoms with Crippen molar-refractivity contribution in [3.63, 3.8) is 0 Å². The molecule has 4 atom stereocenters. The van der Waals surface area contributed by atoms with Crippen molar-refractivity contribution in [2.45, 2.75) is 51.7 Å². The van der Waals surface area contributed by atoms with Gasteiger partial charge in [0.25, 0.3) is 0 Å². The molecule has 0 radical (unpaired) electrons. The highest BCUT2D eigenvalue weighted by molar-refractivity contribution is 5.07. The van der Waals surface area contributed by atoms with Crippen LogP contribution in [0.4, 0.5) is 0 Å². The Kier molecular flexibility index (Phi) is 1.26. The van der Waals surface area contributed by atoms with Crippen LogP contribution in [0.15, 0.2) is 0 Å². The van der Waals surface area contributed by atoms with Gasteiger partial charge >= 0.3 is 0 Å². The summed E-state index contributed by atoms with van der Waals surface area (Å²) in [4.78, 5) is 0. The number of ether oxygens (including phenoxy) is 1. The molecule has 0 amide bonds. The van der Waals surface area contributed by atoms with Gasteiger partial charge in [-0.25, -0.2) is 0 Å². The fourth-order valence-electron chi connectivity index (χ4n) is 1.92. The Hall–Kier alpha value is -0.0400. The lowest BCUT2D eigenvalue weighted by atomic mass is 10.2. The van der Waals surface area contributed by atoms with Crippen molar-refractivity contribution in [3.05, 3.63) is 0 Å². The monoisotopic (exact) mass is 154 g/mol. The maximum Gasteiger partial charge on any atom is 0.0692 e. The molecule has 1 nitrogen and oxygen atoms in total. The van der Waals surface area contributed by atoms with E-state index in [1.165, 1.54) is 12.8 Å². The molecule has 0 heterocycles. The summed E-state index contributed by atoms with van der Waals surface area (Å²) in [5.41, 5.74) is 0.471. The first-order valence-electron chi connectivity index (χ1n) is 4.66. The summed E-state index contributed by atoms with van der Waals surface area (Å²) in [6.45, 7) is 9.04. The molecule has 2 aliphatic rings. The van der Waals surface area contributed by atoms with Gasteiger partial charge in [-0.2, -0.15) is 0 Å². The van der Waals surface area contributed by atoms with Crippen LogP contribution in [0.5, 0.6) is 0 Å². The van der Waals surface area contributed by atoms with Crippen LogP contribution in [-0.2, 0) is 4.74 Å². The summed E-state index contributed by atoms with van der Waals surface area (Å²) in [5, 5.41) is 0. The van der Waals surface area contributed by atoms with Crippen LogP contribution in [0.25, 0.3) is 0 Å². The molecule has 11 heavy (non-hydrogen) atoms. The van der Waals surface area contributed by atoms with Crippen molar-refractivity contribution in [2.24, 2.45) is 11.8 Å². The van der Waals surface area contributed by atoms with E-state index in [0.717, 1.165) is 11.8 Å². The maximum absolute atomic E-state index is 6.07. The molecule has 1 heteroatoms. The second-order valence-corrected chi connectivity index (χ2v) is 4.94. The Labute approximate surface area is 69.1 Å². The minimum absolute atomic E-state index is 0.236. The lowest BCUT2D eigenvalue weighted by Crippen LogP contribution is -2.22. The average molecular weight is 154 g/mol. The van der Waals surface area contributed by atoms with Gasteiger partial charge in [-0.3, -0.25) is 0 Å². The molecule has 64 valence electrons. The van der Waals surface area contributed by atoms with Gasteiger partial charge < -0.3 is 4.74 Å². The first kappa shape index (κ1) is 7.60. The molecule has 0 bridgehead atoms. The van der Waals surface area contributed by atoms with E-state index in [4.69, 9.17) is 4.74 Å². The van der Waals surface area contributed by atoms with E-state index in [0.29, 0.717) is 0 Å². The van der Waals surface area contributed by atoms with Crippen LogP contribution in [0, 0.1) is 11.8 Å². The second-order valence-electron chi connectivity index (χ2n) is 4.94. The zero-order chi connectivity index (χ0) is 8.28. The minimum Gasteiger partial charge on any atom is -0.369 e. The average Bonchev–Trinajstić information content (AvgIpc) is 2.55. The topological polar surface area (TPSA) is 9.23 Å². The molecular formula is C10H18O. The van der Waals surface area contributed by atoms with Crippen molar-refractivity contribution in [1.29, 1.82) is 0 Å². The highest BCUT2D eigenvalue weighted by atomic mass is 16.5. The van der Waals surface area contributed by atoms with E-state index >= 15 is 0 Å². The molecule has 2 aliphatic carbocycles. The molecule has 2 rings (SSSR count). The third-order valence-corrected chi connectivity index (χ3v) is 3.65. The molecule has 4 unspecified atom stereocenters. The molecule has 0 aromatic heterocycles. The summed E-state index contributed by atoms with van der Waals surface area (Å²) >= 11 is 0. The van der Waals surface area contributed by atoms with E-state index in [9.17, 15) is 0 Å². The number of hydrogen-bond acceptors (Lipinski definition) is 1. The second kappa shape index (κ2) is 1.82. The van der Waals surface area contributed by atoms with Gasteiger partial charge in [0.05, 0.1) is 11.2 Å². The number of hydrogen-bond donors (Lipinski definition) is 0. The Morgan fingerprint density at radius 3 is 1.45 bits per heavy atom. The fraction of sp³-hybridized carbons (Fsp3) is 1.00. The lowest BCUT2D eigenvalue weighted by Gasteiger charge is -2.19. The van der Waals surface area contributed by atoms with Crippen molar-refractivity contribution >= 4 is 0 Å². The fourth-order valence-corrected chi connectivity index (χ4v) is 1.92. The Bertz CT molecular complexity index is 169. The van der Waals surface area contributed by atoms with Crippen molar-refractivity contribution in [1.82, 2.24) is 0 Å². The smallest absolute Gasteiger partial charge is 0.0692 e. The summed E-state index contributed by atoms with van der Waals surface area (Å²) in [7, 11) is 0. The SMILES string of the molecule is CC1CC1(C)OC1(C)CC1C. The Morgan fingerprint density at radius 1 is 1.00 bits per heavy atom. The first-order chi connectivity index (χ1) is 4.96. The standard InChI is InChI=1S/C10H18O/c1-7-5-9(7,3)11-10(4)6-8(10)2/h7-8H,5-6H2,1-4H3. The molecule has 2 fully saturated rings. The third kappa shape index (κ3) is 1.10. The van der Waals surface area contributed by atoms with Gasteiger partial charge in [-0.15, -0.1) is 0 Å². The quantitative estimate of drug-likeness (QED) is 0.594. The molecule has 0 aromatic carbocycles. The van der Waals surface area contributed by atoms with Gasteiger partial charge in [0.1, 0.15) is 0 Å². The first-order valence-corrected chi connectivity index (χ1v) is 4.66. The van der Waals surface area contributed by atoms with Crippen LogP contribution in [-0.4, -0.2) is 11.2 Å². The normalized spacial score (nSPS) is 61.1. The molecule has 0 aliphatic heterocycles. The van der Waals surface area contributed by atoms with E-state index in [1.807, 2.05) is 0 Å². The highest BCUT2D eigenvalue weighted by Gasteiger charge is 2.58. The minimum atomic E-state index is 0.236. The van der Waals surface area contributed by atoms with Crippen molar-refractivity contribution in [3.8, 4) is 0 Å². The predicted molar refractivity (Wildman–Crippen MR) is 45.5 cm³/mol. The summed E-state index contributed by atoms with van der Waals surface area (Å²) in [5.74, 6) is 1.57. The third-order valence-electron chi connectivity index (χ3n) is 3.65. The Morgan fingerprint density at radius 2 is 1.27 bits per heavy atom. The van der Waals surface area contributed by atoms with Crippen LogP contribution >= 0.6 is 0 Å². The molecular weight excluding hydrogens is 136 g/mol. The zero-order valence-electron chi connectivity index (χ0n) is 7.98. The number of rotatable bonds is 2. The van der Waals surface area contributed by atoms with E-state index in [-0.39, 0.29) is 11.2 Å². The zero-order valence-corrected chi connectivity index (χ0v) is 7.98. The van der Waals surface area contributed by atoms with Crippen LogP contribution < -0.4 is 0 Å². The van der Waals surface area contributed by atoms with Crippen molar-refractivity contribution < 1.29 is 4.74 Å². The van der Waals surface area contributed by atoms with Gasteiger partial charge in [-0.05, 0) is 38.5 Å². The van der Waals surface area contributed by atoms with Gasteiger partial charge in [-0.1, -0.05) is 13.8 Å². The van der Waals surface area contributed by atoms with Gasteiger partial charge in [0.2, 0.25) is 0 Å². The van der Waals surface area contributed by atoms with E-state index in [1.54, 1.807) is 0 Å². The molecule has 0 N–H and O–H groups in total. The van der Waals surface area contributed by atoms with Gasteiger partial charge in [0.15, 0.2) is 0 Å². The largest absolute Gasteiger partial charge is 0.369 e. The maximum atomic E-state index is 6.07. The summed E-state index contributed by atoms with van der Waals surface area (Å²) in [6.07, 6.45) is 2.52. The van der Waals surface area contributed by atoms with E-state index in [2.05, 4.69) is 27.7 Å². The van der Waals surface area contributed by atoms with Crippen LogP contribution in [0.3, 0.4) is 0 Å². The predicted octanol–water partition coefficient (Wildman–Crippen LogP) is 2.60. The van der Waals surface area contributed by atoms with E-state index < -0.39 is 0 Å².